The van der Waals surface area contributed by atoms with Crippen molar-refractivity contribution in [3.63, 3.8) is 0 Å². The highest BCUT2D eigenvalue weighted by Gasteiger charge is 2.37. The Bertz CT molecular complexity index is 345. The summed E-state index contributed by atoms with van der Waals surface area (Å²) < 4.78 is 5.84. The lowest BCUT2D eigenvalue weighted by molar-refractivity contribution is 0.287. The normalized spacial score (nSPS) is 23.8. The molecule has 1 fully saturated rings. The van der Waals surface area contributed by atoms with Crippen LogP contribution in [0.1, 0.15) is 57.1 Å². The van der Waals surface area contributed by atoms with Gasteiger partial charge < -0.3 is 4.42 Å². The molecule has 1 aliphatic rings. The molecule has 1 aromatic rings. The summed E-state index contributed by atoms with van der Waals surface area (Å²) in [5.74, 6) is 3.14. The third kappa shape index (κ3) is 2.42. The van der Waals surface area contributed by atoms with E-state index in [1.807, 2.05) is 6.20 Å². The Morgan fingerprint density at radius 1 is 1.56 bits per heavy atom. The van der Waals surface area contributed by atoms with Gasteiger partial charge in [-0.25, -0.2) is 4.98 Å². The van der Waals surface area contributed by atoms with Gasteiger partial charge in [0.2, 0.25) is 0 Å². The zero-order valence-electron chi connectivity index (χ0n) is 10.1. The maximum absolute atomic E-state index is 5.84. The van der Waals surface area contributed by atoms with Gasteiger partial charge in [0.1, 0.15) is 5.76 Å². The number of aromatic nitrogens is 1. The van der Waals surface area contributed by atoms with E-state index in [9.17, 15) is 0 Å². The zero-order valence-corrected chi connectivity index (χ0v) is 10.9. The van der Waals surface area contributed by atoms with E-state index < -0.39 is 0 Å². The minimum atomic E-state index is 0.364. The molecule has 0 aromatic carbocycles. The van der Waals surface area contributed by atoms with E-state index in [1.54, 1.807) is 0 Å². The summed E-state index contributed by atoms with van der Waals surface area (Å²) in [5.41, 5.74) is 0.364. The summed E-state index contributed by atoms with van der Waals surface area (Å²) in [6.45, 7) is 4.65. The Hall–Kier alpha value is -0.500. The van der Waals surface area contributed by atoms with Crippen LogP contribution < -0.4 is 0 Å². The van der Waals surface area contributed by atoms with Gasteiger partial charge in [0.15, 0.2) is 5.89 Å². The monoisotopic (exact) mass is 241 g/mol. The zero-order chi connectivity index (χ0) is 11.6. The fraction of sp³-hybridized carbons (Fsp3) is 0.769. The molecular formula is C13H20ClNO. The van der Waals surface area contributed by atoms with Crippen molar-refractivity contribution in [3.8, 4) is 0 Å². The van der Waals surface area contributed by atoms with E-state index in [0.717, 1.165) is 24.5 Å². The van der Waals surface area contributed by atoms with Crippen LogP contribution in [-0.2, 0) is 6.42 Å². The quantitative estimate of drug-likeness (QED) is 0.741. The molecule has 2 nitrogen and oxygen atoms in total. The number of hydrogen-bond acceptors (Lipinski definition) is 2. The molecule has 0 aliphatic heterocycles. The molecule has 1 heterocycles. The molecule has 1 unspecified atom stereocenters. The maximum Gasteiger partial charge on any atom is 0.194 e. The summed E-state index contributed by atoms with van der Waals surface area (Å²) in [5, 5.41) is 0. The highest BCUT2D eigenvalue weighted by atomic mass is 35.5. The Balaban J connectivity index is 2.06. The predicted molar refractivity (Wildman–Crippen MR) is 65.9 cm³/mol. The minimum absolute atomic E-state index is 0.364. The topological polar surface area (TPSA) is 26.0 Å². The first-order valence-electron chi connectivity index (χ1n) is 6.14. The van der Waals surface area contributed by atoms with Crippen molar-refractivity contribution in [2.75, 3.05) is 5.88 Å². The van der Waals surface area contributed by atoms with Gasteiger partial charge in [0, 0.05) is 18.2 Å². The highest BCUT2D eigenvalue weighted by molar-refractivity contribution is 6.17. The molecule has 0 amide bonds. The summed E-state index contributed by atoms with van der Waals surface area (Å²) in [6.07, 6.45) is 7.54. The molecule has 0 bridgehead atoms. The molecule has 0 radical (unpaired) electrons. The van der Waals surface area contributed by atoms with Crippen molar-refractivity contribution >= 4 is 11.6 Å². The van der Waals surface area contributed by atoms with Gasteiger partial charge in [-0.05, 0) is 24.7 Å². The first-order valence-corrected chi connectivity index (χ1v) is 6.67. The largest absolute Gasteiger partial charge is 0.445 e. The third-order valence-electron chi connectivity index (χ3n) is 3.70. The summed E-state index contributed by atoms with van der Waals surface area (Å²) >= 11 is 5.66. The second kappa shape index (κ2) is 4.79. The standard InChI is InChI=1S/C13H20ClNO/c1-13(2)7-3-5-10(13)11-9-15-12(16-11)6-4-8-14/h9-10H,3-8H2,1-2H3. The second-order valence-corrected chi connectivity index (χ2v) is 5.76. The Morgan fingerprint density at radius 3 is 3.00 bits per heavy atom. The van der Waals surface area contributed by atoms with Crippen LogP contribution in [0.5, 0.6) is 0 Å². The van der Waals surface area contributed by atoms with E-state index >= 15 is 0 Å². The van der Waals surface area contributed by atoms with Crippen LogP contribution in [0.3, 0.4) is 0 Å². The van der Waals surface area contributed by atoms with Gasteiger partial charge >= 0.3 is 0 Å². The molecule has 0 saturated heterocycles. The molecule has 1 saturated carbocycles. The molecule has 0 N–H and O–H groups in total. The number of halogens is 1. The highest BCUT2D eigenvalue weighted by Crippen LogP contribution is 2.48. The fourth-order valence-electron chi connectivity index (χ4n) is 2.67. The van der Waals surface area contributed by atoms with Gasteiger partial charge in [-0.2, -0.15) is 0 Å². The van der Waals surface area contributed by atoms with E-state index in [1.165, 1.54) is 19.3 Å². The molecule has 16 heavy (non-hydrogen) atoms. The third-order valence-corrected chi connectivity index (χ3v) is 3.96. The second-order valence-electron chi connectivity index (χ2n) is 5.38. The molecule has 90 valence electrons. The van der Waals surface area contributed by atoms with Gasteiger partial charge in [-0.15, -0.1) is 11.6 Å². The van der Waals surface area contributed by atoms with Crippen LogP contribution >= 0.6 is 11.6 Å². The number of hydrogen-bond donors (Lipinski definition) is 0. The Labute approximate surface area is 102 Å². The lowest BCUT2D eigenvalue weighted by Gasteiger charge is -2.24. The van der Waals surface area contributed by atoms with Gasteiger partial charge in [-0.1, -0.05) is 20.3 Å². The average Bonchev–Trinajstić information content (AvgIpc) is 2.81. The molecule has 2 rings (SSSR count). The number of alkyl halides is 1. The number of rotatable bonds is 4. The first-order chi connectivity index (χ1) is 7.63. The van der Waals surface area contributed by atoms with Crippen LogP contribution in [0, 0.1) is 5.41 Å². The molecule has 0 spiro atoms. The van der Waals surface area contributed by atoms with Crippen LogP contribution in [0.4, 0.5) is 0 Å². The fourth-order valence-corrected chi connectivity index (χ4v) is 2.81. The molecule has 1 aliphatic carbocycles. The number of nitrogens with zero attached hydrogens (tertiary/aromatic N) is 1. The Kier molecular flexibility index (Phi) is 3.58. The van der Waals surface area contributed by atoms with Crippen LogP contribution in [-0.4, -0.2) is 10.9 Å². The van der Waals surface area contributed by atoms with Gasteiger partial charge in [-0.3, -0.25) is 0 Å². The lowest BCUT2D eigenvalue weighted by Crippen LogP contribution is -2.14. The van der Waals surface area contributed by atoms with Crippen molar-refractivity contribution in [1.82, 2.24) is 4.98 Å². The molecule has 1 atom stereocenters. The van der Waals surface area contributed by atoms with E-state index in [-0.39, 0.29) is 0 Å². The van der Waals surface area contributed by atoms with Crippen molar-refractivity contribution in [2.24, 2.45) is 5.41 Å². The predicted octanol–water partition coefficient (Wildman–Crippen LogP) is 4.14. The van der Waals surface area contributed by atoms with Gasteiger partial charge in [0.05, 0.1) is 6.20 Å². The molecule has 1 aromatic heterocycles. The van der Waals surface area contributed by atoms with Crippen LogP contribution in [0.15, 0.2) is 10.6 Å². The first kappa shape index (κ1) is 12.0. The van der Waals surface area contributed by atoms with Crippen molar-refractivity contribution in [3.05, 3.63) is 17.8 Å². The maximum atomic E-state index is 5.84. The number of oxazole rings is 1. The van der Waals surface area contributed by atoms with Crippen molar-refractivity contribution in [2.45, 2.75) is 51.9 Å². The minimum Gasteiger partial charge on any atom is -0.445 e. The Morgan fingerprint density at radius 2 is 2.38 bits per heavy atom. The van der Waals surface area contributed by atoms with E-state index in [4.69, 9.17) is 16.0 Å². The SMILES string of the molecule is CC1(C)CCCC1c1cnc(CCCCl)o1. The smallest absolute Gasteiger partial charge is 0.194 e. The summed E-state index contributed by atoms with van der Waals surface area (Å²) in [4.78, 5) is 4.34. The van der Waals surface area contributed by atoms with Crippen LogP contribution in [0.25, 0.3) is 0 Å². The van der Waals surface area contributed by atoms with Crippen molar-refractivity contribution in [1.29, 1.82) is 0 Å². The lowest BCUT2D eigenvalue weighted by atomic mass is 9.81. The van der Waals surface area contributed by atoms with E-state index in [0.29, 0.717) is 17.2 Å². The molecule has 3 heteroatoms. The number of aryl methyl sites for hydroxylation is 1. The summed E-state index contributed by atoms with van der Waals surface area (Å²) in [7, 11) is 0. The van der Waals surface area contributed by atoms with Gasteiger partial charge in [0.25, 0.3) is 0 Å². The van der Waals surface area contributed by atoms with Crippen LogP contribution in [0.2, 0.25) is 0 Å². The average molecular weight is 242 g/mol. The summed E-state index contributed by atoms with van der Waals surface area (Å²) in [6, 6.07) is 0. The molecular weight excluding hydrogens is 222 g/mol. The van der Waals surface area contributed by atoms with E-state index in [2.05, 4.69) is 18.8 Å². The van der Waals surface area contributed by atoms with Crippen molar-refractivity contribution < 1.29 is 4.42 Å².